The van der Waals surface area contributed by atoms with E-state index in [-0.39, 0.29) is 5.82 Å². The number of hydrogen-bond acceptors (Lipinski definition) is 2. The second-order valence-corrected chi connectivity index (χ2v) is 3.98. The van der Waals surface area contributed by atoms with Crippen LogP contribution in [0, 0.1) is 18.7 Å². The van der Waals surface area contributed by atoms with Crippen LogP contribution in [-0.4, -0.2) is 18.1 Å². The summed E-state index contributed by atoms with van der Waals surface area (Å²) in [5.41, 5.74) is 1.71. The molecule has 0 saturated carbocycles. The normalized spacial score (nSPS) is 21.4. The minimum atomic E-state index is -0.164. The van der Waals surface area contributed by atoms with Crippen LogP contribution in [0.2, 0.25) is 0 Å². The molecule has 0 aliphatic carbocycles. The van der Waals surface area contributed by atoms with E-state index in [1.165, 1.54) is 6.20 Å². The number of pyridine rings is 1. The molecule has 2 rings (SSSR count). The third kappa shape index (κ3) is 2.10. The summed E-state index contributed by atoms with van der Waals surface area (Å²) >= 11 is 0. The number of rotatable bonds is 2. The van der Waals surface area contributed by atoms with Gasteiger partial charge in [-0.05, 0) is 50.4 Å². The summed E-state index contributed by atoms with van der Waals surface area (Å²) in [6.07, 6.45) is 3.32. The number of aromatic nitrogens is 1. The first kappa shape index (κ1) is 9.59. The zero-order chi connectivity index (χ0) is 9.97. The van der Waals surface area contributed by atoms with E-state index in [1.54, 1.807) is 0 Å². The molecule has 1 N–H and O–H groups in total. The zero-order valence-corrected chi connectivity index (χ0v) is 8.39. The number of hydrogen-bond donors (Lipinski definition) is 1. The van der Waals surface area contributed by atoms with Crippen LogP contribution in [-0.2, 0) is 6.42 Å². The average Bonchev–Trinajstić information content (AvgIpc) is 2.64. The van der Waals surface area contributed by atoms with Gasteiger partial charge in [-0.25, -0.2) is 4.39 Å². The molecule has 1 saturated heterocycles. The Hall–Kier alpha value is -0.960. The van der Waals surface area contributed by atoms with Gasteiger partial charge >= 0.3 is 0 Å². The molecule has 0 amide bonds. The van der Waals surface area contributed by atoms with Gasteiger partial charge in [-0.3, -0.25) is 4.98 Å². The molecular formula is C11H15FN2. The Labute approximate surface area is 83.6 Å². The largest absolute Gasteiger partial charge is 0.316 e. The lowest BCUT2D eigenvalue weighted by atomic mass is 9.99. The van der Waals surface area contributed by atoms with Crippen LogP contribution in [0.1, 0.15) is 17.7 Å². The smallest absolute Gasteiger partial charge is 0.144 e. The molecule has 76 valence electrons. The maximum Gasteiger partial charge on any atom is 0.144 e. The fourth-order valence-electron chi connectivity index (χ4n) is 1.96. The van der Waals surface area contributed by atoms with Crippen molar-refractivity contribution in [2.75, 3.05) is 13.1 Å². The first-order chi connectivity index (χ1) is 6.75. The number of aryl methyl sites for hydroxylation is 1. The minimum absolute atomic E-state index is 0.164. The lowest BCUT2D eigenvalue weighted by Gasteiger charge is -2.09. The Balaban J connectivity index is 2.10. The van der Waals surface area contributed by atoms with Crippen molar-refractivity contribution in [1.29, 1.82) is 0 Å². The quantitative estimate of drug-likeness (QED) is 0.774. The summed E-state index contributed by atoms with van der Waals surface area (Å²) in [6.45, 7) is 3.98. The van der Waals surface area contributed by atoms with Crippen molar-refractivity contribution >= 4 is 0 Å². The molecule has 2 nitrogen and oxygen atoms in total. The van der Waals surface area contributed by atoms with Crippen LogP contribution in [0.5, 0.6) is 0 Å². The second-order valence-electron chi connectivity index (χ2n) is 3.98. The van der Waals surface area contributed by atoms with E-state index in [4.69, 9.17) is 0 Å². The third-order valence-electron chi connectivity index (χ3n) is 2.74. The summed E-state index contributed by atoms with van der Waals surface area (Å²) in [7, 11) is 0. The lowest BCUT2D eigenvalue weighted by Crippen LogP contribution is -2.11. The van der Waals surface area contributed by atoms with E-state index < -0.39 is 0 Å². The van der Waals surface area contributed by atoms with Crippen molar-refractivity contribution in [2.45, 2.75) is 19.8 Å². The molecule has 2 heterocycles. The Kier molecular flexibility index (Phi) is 2.77. The van der Waals surface area contributed by atoms with Gasteiger partial charge in [0.15, 0.2) is 0 Å². The standard InChI is InChI=1S/C11H15FN2/c1-8-4-10(11(12)7-14-8)5-9-2-3-13-6-9/h4,7,9,13H,2-3,5-6H2,1H3. The highest BCUT2D eigenvalue weighted by Gasteiger charge is 2.16. The van der Waals surface area contributed by atoms with Gasteiger partial charge in [0.1, 0.15) is 5.82 Å². The van der Waals surface area contributed by atoms with Gasteiger partial charge < -0.3 is 5.32 Å². The van der Waals surface area contributed by atoms with Crippen molar-refractivity contribution in [3.05, 3.63) is 29.3 Å². The molecule has 1 aromatic heterocycles. The van der Waals surface area contributed by atoms with E-state index in [1.807, 2.05) is 13.0 Å². The Morgan fingerprint density at radius 1 is 1.64 bits per heavy atom. The summed E-state index contributed by atoms with van der Waals surface area (Å²) in [5, 5.41) is 3.29. The summed E-state index contributed by atoms with van der Waals surface area (Å²) < 4.78 is 13.3. The molecule has 3 heteroatoms. The summed E-state index contributed by atoms with van der Waals surface area (Å²) in [6, 6.07) is 1.85. The zero-order valence-electron chi connectivity index (χ0n) is 8.39. The lowest BCUT2D eigenvalue weighted by molar-refractivity contribution is 0.540. The van der Waals surface area contributed by atoms with Crippen molar-refractivity contribution in [1.82, 2.24) is 10.3 Å². The van der Waals surface area contributed by atoms with Gasteiger partial charge in [0, 0.05) is 5.69 Å². The van der Waals surface area contributed by atoms with E-state index in [0.717, 1.165) is 37.2 Å². The summed E-state index contributed by atoms with van der Waals surface area (Å²) in [4.78, 5) is 3.92. The van der Waals surface area contributed by atoms with Crippen molar-refractivity contribution in [3.8, 4) is 0 Å². The summed E-state index contributed by atoms with van der Waals surface area (Å²) in [5.74, 6) is 0.425. The fourth-order valence-corrected chi connectivity index (χ4v) is 1.96. The van der Waals surface area contributed by atoms with Gasteiger partial charge in [-0.2, -0.15) is 0 Å². The molecule has 1 fully saturated rings. The molecule has 1 unspecified atom stereocenters. The predicted molar refractivity (Wildman–Crippen MR) is 53.6 cm³/mol. The molecular weight excluding hydrogens is 179 g/mol. The van der Waals surface area contributed by atoms with E-state index in [0.29, 0.717) is 5.92 Å². The molecule has 0 bridgehead atoms. The van der Waals surface area contributed by atoms with E-state index in [2.05, 4.69) is 10.3 Å². The SMILES string of the molecule is Cc1cc(CC2CCNC2)c(F)cn1. The van der Waals surface area contributed by atoms with E-state index >= 15 is 0 Å². The number of halogens is 1. The number of nitrogens with one attached hydrogen (secondary N) is 1. The monoisotopic (exact) mass is 194 g/mol. The molecule has 14 heavy (non-hydrogen) atoms. The maximum atomic E-state index is 13.3. The third-order valence-corrected chi connectivity index (χ3v) is 2.74. The Morgan fingerprint density at radius 2 is 2.50 bits per heavy atom. The maximum absolute atomic E-state index is 13.3. The molecule has 0 radical (unpaired) electrons. The topological polar surface area (TPSA) is 24.9 Å². The first-order valence-corrected chi connectivity index (χ1v) is 5.07. The Morgan fingerprint density at radius 3 is 3.21 bits per heavy atom. The van der Waals surface area contributed by atoms with Crippen LogP contribution in [0.3, 0.4) is 0 Å². The first-order valence-electron chi connectivity index (χ1n) is 5.07. The van der Waals surface area contributed by atoms with Crippen LogP contribution in [0.4, 0.5) is 4.39 Å². The van der Waals surface area contributed by atoms with E-state index in [9.17, 15) is 4.39 Å². The molecule has 1 aliphatic rings. The number of nitrogens with zero attached hydrogens (tertiary/aromatic N) is 1. The van der Waals surface area contributed by atoms with Crippen LogP contribution < -0.4 is 5.32 Å². The van der Waals surface area contributed by atoms with Crippen LogP contribution >= 0.6 is 0 Å². The molecule has 1 aliphatic heterocycles. The van der Waals surface area contributed by atoms with Crippen molar-refractivity contribution in [2.24, 2.45) is 5.92 Å². The van der Waals surface area contributed by atoms with Crippen LogP contribution in [0.15, 0.2) is 12.3 Å². The van der Waals surface area contributed by atoms with Gasteiger partial charge in [0.05, 0.1) is 6.20 Å². The predicted octanol–water partition coefficient (Wildman–Crippen LogP) is 1.68. The highest BCUT2D eigenvalue weighted by atomic mass is 19.1. The van der Waals surface area contributed by atoms with Gasteiger partial charge in [0.25, 0.3) is 0 Å². The fraction of sp³-hybridized carbons (Fsp3) is 0.545. The Bertz CT molecular complexity index is 319. The second kappa shape index (κ2) is 4.05. The van der Waals surface area contributed by atoms with Gasteiger partial charge in [0.2, 0.25) is 0 Å². The van der Waals surface area contributed by atoms with Gasteiger partial charge in [-0.15, -0.1) is 0 Å². The molecule has 0 spiro atoms. The molecule has 1 atom stereocenters. The van der Waals surface area contributed by atoms with Crippen molar-refractivity contribution in [3.63, 3.8) is 0 Å². The minimum Gasteiger partial charge on any atom is -0.316 e. The van der Waals surface area contributed by atoms with Gasteiger partial charge in [-0.1, -0.05) is 0 Å². The van der Waals surface area contributed by atoms with Crippen molar-refractivity contribution < 1.29 is 4.39 Å². The molecule has 0 aromatic carbocycles. The molecule has 1 aromatic rings. The highest BCUT2D eigenvalue weighted by Crippen LogP contribution is 2.17. The average molecular weight is 194 g/mol. The van der Waals surface area contributed by atoms with Crippen LogP contribution in [0.25, 0.3) is 0 Å². The highest BCUT2D eigenvalue weighted by molar-refractivity contribution is 5.18.